The van der Waals surface area contributed by atoms with Crippen LogP contribution in [0.15, 0.2) is 12.1 Å². The lowest BCUT2D eigenvalue weighted by molar-refractivity contribution is 0.463. The van der Waals surface area contributed by atoms with Gasteiger partial charge in [0.2, 0.25) is 0 Å². The van der Waals surface area contributed by atoms with Gasteiger partial charge in [-0.1, -0.05) is 19.9 Å². The number of nitrogens with two attached hydrogens (primary N) is 1. The SMILES string of the molecule is CC.CNS(O)(O)CC(N)c1cc(C)cc(F)c1F. The molecule has 1 atom stereocenters. The van der Waals surface area contributed by atoms with Crippen molar-refractivity contribution in [1.82, 2.24) is 4.72 Å². The molecule has 0 aliphatic heterocycles. The van der Waals surface area contributed by atoms with Crippen molar-refractivity contribution in [1.29, 1.82) is 0 Å². The van der Waals surface area contributed by atoms with E-state index in [4.69, 9.17) is 5.73 Å². The average Bonchev–Trinajstić information content (AvgIpc) is 2.35. The van der Waals surface area contributed by atoms with E-state index in [1.165, 1.54) is 13.1 Å². The maximum absolute atomic E-state index is 13.5. The lowest BCUT2D eigenvalue weighted by atomic mass is 10.1. The molecular weight excluding hydrogens is 274 g/mol. The fourth-order valence-electron chi connectivity index (χ4n) is 1.44. The third-order valence-electron chi connectivity index (χ3n) is 2.34. The summed E-state index contributed by atoms with van der Waals surface area (Å²) in [5, 5.41) is 0. The molecule has 0 saturated heterocycles. The zero-order valence-electron chi connectivity index (χ0n) is 11.6. The quantitative estimate of drug-likeness (QED) is 0.688. The summed E-state index contributed by atoms with van der Waals surface area (Å²) < 4.78 is 47.8. The highest BCUT2D eigenvalue weighted by molar-refractivity contribution is 8.22. The van der Waals surface area contributed by atoms with E-state index >= 15 is 0 Å². The van der Waals surface area contributed by atoms with Crippen LogP contribution in [0.25, 0.3) is 0 Å². The van der Waals surface area contributed by atoms with Crippen LogP contribution < -0.4 is 10.5 Å². The van der Waals surface area contributed by atoms with Gasteiger partial charge in [-0.05, 0) is 18.6 Å². The molecule has 0 aliphatic carbocycles. The van der Waals surface area contributed by atoms with Crippen LogP contribution in [0.1, 0.15) is 31.0 Å². The number of nitrogens with one attached hydrogen (secondary N) is 1. The fourth-order valence-corrected chi connectivity index (χ4v) is 2.29. The van der Waals surface area contributed by atoms with Crippen molar-refractivity contribution < 1.29 is 17.9 Å². The first kappa shape index (κ1) is 18.3. The maximum Gasteiger partial charge on any atom is 0.163 e. The van der Waals surface area contributed by atoms with Crippen molar-refractivity contribution in [3.05, 3.63) is 34.9 Å². The molecule has 19 heavy (non-hydrogen) atoms. The summed E-state index contributed by atoms with van der Waals surface area (Å²) in [5.74, 6) is -2.31. The first-order valence-corrected chi connectivity index (χ1v) is 7.64. The molecule has 1 aromatic rings. The van der Waals surface area contributed by atoms with Gasteiger partial charge < -0.3 is 5.73 Å². The van der Waals surface area contributed by atoms with Crippen LogP contribution in [0.2, 0.25) is 0 Å². The van der Waals surface area contributed by atoms with Gasteiger partial charge in [0.05, 0.1) is 11.8 Å². The van der Waals surface area contributed by atoms with Crippen molar-refractivity contribution in [3.63, 3.8) is 0 Å². The van der Waals surface area contributed by atoms with E-state index in [2.05, 4.69) is 4.72 Å². The Morgan fingerprint density at radius 3 is 2.32 bits per heavy atom. The molecule has 0 aliphatic rings. The molecule has 1 rings (SSSR count). The Morgan fingerprint density at radius 2 is 1.84 bits per heavy atom. The predicted molar refractivity (Wildman–Crippen MR) is 76.1 cm³/mol. The smallest absolute Gasteiger partial charge is 0.163 e. The number of hydrogen-bond acceptors (Lipinski definition) is 4. The monoisotopic (exact) mass is 296 g/mol. The molecule has 7 heteroatoms. The standard InChI is InChI=1S/C10H16F2N2O2S.C2H6/c1-6-3-7(10(12)8(11)4-6)9(13)5-17(15,16)14-2;1-2/h3-4,9,14-16H,5,13H2,1-2H3;1-2H3. The van der Waals surface area contributed by atoms with Crippen LogP contribution in [-0.4, -0.2) is 21.9 Å². The fraction of sp³-hybridized carbons (Fsp3) is 0.500. The van der Waals surface area contributed by atoms with E-state index in [-0.39, 0.29) is 11.3 Å². The topological polar surface area (TPSA) is 78.5 Å². The molecule has 5 N–H and O–H groups in total. The van der Waals surface area contributed by atoms with Crippen LogP contribution in [0.4, 0.5) is 8.78 Å². The van der Waals surface area contributed by atoms with Crippen LogP contribution in [0.3, 0.4) is 0 Å². The van der Waals surface area contributed by atoms with Crippen molar-refractivity contribution in [3.8, 4) is 0 Å². The Balaban J connectivity index is 0.00000154. The number of halogens is 2. The Bertz CT molecular complexity index is 417. The summed E-state index contributed by atoms with van der Waals surface area (Å²) in [6.07, 6.45) is 0. The second-order valence-corrected chi connectivity index (χ2v) is 5.87. The molecule has 4 nitrogen and oxygen atoms in total. The highest BCUT2D eigenvalue weighted by Gasteiger charge is 2.21. The molecule has 0 saturated carbocycles. The Morgan fingerprint density at radius 1 is 1.32 bits per heavy atom. The van der Waals surface area contributed by atoms with Gasteiger partial charge in [0.15, 0.2) is 11.6 Å². The third kappa shape index (κ3) is 5.42. The van der Waals surface area contributed by atoms with Gasteiger partial charge in [0.1, 0.15) is 0 Å². The molecule has 0 heterocycles. The van der Waals surface area contributed by atoms with Crippen LogP contribution in [0, 0.1) is 18.6 Å². The predicted octanol–water partition coefficient (Wildman–Crippen LogP) is 3.18. The minimum Gasteiger partial charge on any atom is -0.323 e. The Hall–Kier alpha value is -0.730. The summed E-state index contributed by atoms with van der Waals surface area (Å²) in [4.78, 5) is 0. The van der Waals surface area contributed by atoms with Crippen molar-refractivity contribution >= 4 is 10.8 Å². The van der Waals surface area contributed by atoms with E-state index in [1.54, 1.807) is 6.92 Å². The molecule has 112 valence electrons. The zero-order chi connectivity index (χ0) is 15.2. The molecule has 0 bridgehead atoms. The van der Waals surface area contributed by atoms with Crippen molar-refractivity contribution in [2.24, 2.45) is 5.73 Å². The van der Waals surface area contributed by atoms with Gasteiger partial charge in [-0.15, -0.1) is 10.8 Å². The first-order chi connectivity index (χ1) is 8.76. The number of benzene rings is 1. The third-order valence-corrected chi connectivity index (χ3v) is 3.82. The molecule has 1 aromatic carbocycles. The van der Waals surface area contributed by atoms with E-state index in [1.807, 2.05) is 13.8 Å². The highest BCUT2D eigenvalue weighted by Crippen LogP contribution is 2.37. The van der Waals surface area contributed by atoms with Gasteiger partial charge >= 0.3 is 0 Å². The summed E-state index contributed by atoms with van der Waals surface area (Å²) in [6.45, 7) is 5.61. The minimum absolute atomic E-state index is 0.0577. The minimum atomic E-state index is -3.07. The molecule has 0 radical (unpaired) electrons. The van der Waals surface area contributed by atoms with E-state index in [9.17, 15) is 17.9 Å². The average molecular weight is 296 g/mol. The van der Waals surface area contributed by atoms with Gasteiger partial charge in [-0.2, -0.15) is 0 Å². The number of rotatable bonds is 4. The normalized spacial score (nSPS) is 13.5. The highest BCUT2D eigenvalue weighted by atomic mass is 32.3. The van der Waals surface area contributed by atoms with E-state index in [0.717, 1.165) is 6.07 Å². The molecule has 0 fully saturated rings. The Labute approximate surface area is 114 Å². The lowest BCUT2D eigenvalue weighted by Gasteiger charge is -2.33. The molecule has 1 unspecified atom stereocenters. The summed E-state index contributed by atoms with van der Waals surface area (Å²) in [5.41, 5.74) is 6.12. The van der Waals surface area contributed by atoms with Crippen molar-refractivity contribution in [2.45, 2.75) is 26.8 Å². The number of hydrogen-bond donors (Lipinski definition) is 4. The second kappa shape index (κ2) is 7.76. The van der Waals surface area contributed by atoms with Crippen LogP contribution >= 0.6 is 10.8 Å². The molecule has 0 amide bonds. The summed E-state index contributed by atoms with van der Waals surface area (Å²) >= 11 is 0. The van der Waals surface area contributed by atoms with Gasteiger partial charge in [0.25, 0.3) is 0 Å². The van der Waals surface area contributed by atoms with Crippen LogP contribution in [0.5, 0.6) is 0 Å². The summed E-state index contributed by atoms with van der Waals surface area (Å²) in [7, 11) is -1.72. The van der Waals surface area contributed by atoms with E-state index < -0.39 is 28.5 Å². The van der Waals surface area contributed by atoms with Gasteiger partial charge in [0, 0.05) is 12.6 Å². The number of aryl methyl sites for hydroxylation is 1. The Kier molecular flexibility index (Phi) is 7.46. The summed E-state index contributed by atoms with van der Waals surface area (Å²) in [6, 6.07) is 1.47. The second-order valence-electron chi connectivity index (χ2n) is 3.79. The molecule has 0 spiro atoms. The van der Waals surface area contributed by atoms with Gasteiger partial charge in [-0.3, -0.25) is 9.11 Å². The van der Waals surface area contributed by atoms with Crippen LogP contribution in [-0.2, 0) is 0 Å². The largest absolute Gasteiger partial charge is 0.323 e. The molecular formula is C12H22F2N2O2S. The van der Waals surface area contributed by atoms with E-state index in [0.29, 0.717) is 5.56 Å². The maximum atomic E-state index is 13.5. The first-order valence-electron chi connectivity index (χ1n) is 5.92. The molecule has 0 aromatic heterocycles. The zero-order valence-corrected chi connectivity index (χ0v) is 12.4. The van der Waals surface area contributed by atoms with Crippen molar-refractivity contribution in [2.75, 3.05) is 12.8 Å². The lowest BCUT2D eigenvalue weighted by Crippen LogP contribution is -2.27. The van der Waals surface area contributed by atoms with Gasteiger partial charge in [-0.25, -0.2) is 13.5 Å².